The van der Waals surface area contributed by atoms with E-state index >= 15 is 0 Å². The maximum atomic E-state index is 12.0. The van der Waals surface area contributed by atoms with Crippen LogP contribution in [0.2, 0.25) is 0 Å². The van der Waals surface area contributed by atoms with E-state index in [1.165, 1.54) is 6.42 Å². The third-order valence-corrected chi connectivity index (χ3v) is 5.78. The Morgan fingerprint density at radius 3 is 2.50 bits per heavy atom. The number of nitrogens with zero attached hydrogens (tertiary/aromatic N) is 1. The van der Waals surface area contributed by atoms with Gasteiger partial charge in [0.2, 0.25) is 5.91 Å². The smallest absolute Gasteiger partial charge is 0.236 e. The van der Waals surface area contributed by atoms with Gasteiger partial charge in [-0.2, -0.15) is 0 Å². The average Bonchev–Trinajstić information content (AvgIpc) is 2.62. The van der Waals surface area contributed by atoms with E-state index in [9.17, 15) is 13.2 Å². The Kier molecular flexibility index (Phi) is 3.96. The van der Waals surface area contributed by atoms with Crippen molar-refractivity contribution in [2.24, 2.45) is 0 Å². The van der Waals surface area contributed by atoms with Crippen molar-refractivity contribution in [3.05, 3.63) is 0 Å². The maximum Gasteiger partial charge on any atom is 0.236 e. The fraction of sp³-hybridized carbons (Fsp3) is 0.917. The number of hydrogen-bond acceptors (Lipinski definition) is 4. The monoisotopic (exact) mass is 274 g/mol. The number of carbonyl (C=O) groups is 1. The van der Waals surface area contributed by atoms with Crippen LogP contribution in [-0.2, 0) is 14.6 Å². The Morgan fingerprint density at radius 2 is 1.94 bits per heavy atom. The molecular weight excluding hydrogens is 252 g/mol. The summed E-state index contributed by atoms with van der Waals surface area (Å²) >= 11 is 0. The van der Waals surface area contributed by atoms with Gasteiger partial charge < -0.3 is 10.2 Å². The third kappa shape index (κ3) is 3.45. The van der Waals surface area contributed by atoms with E-state index in [0.29, 0.717) is 6.42 Å². The first-order valence-corrected chi connectivity index (χ1v) is 8.46. The molecule has 1 atom stereocenters. The molecule has 2 aliphatic heterocycles. The second-order valence-electron chi connectivity index (χ2n) is 5.70. The van der Waals surface area contributed by atoms with Gasteiger partial charge in [0.05, 0.1) is 18.1 Å². The highest BCUT2D eigenvalue weighted by molar-refractivity contribution is 7.91. The van der Waals surface area contributed by atoms with Crippen LogP contribution in [0.1, 0.15) is 32.6 Å². The van der Waals surface area contributed by atoms with Crippen LogP contribution >= 0.6 is 0 Å². The van der Waals surface area contributed by atoms with Crippen LogP contribution in [0.15, 0.2) is 0 Å². The molecule has 104 valence electrons. The zero-order valence-electron chi connectivity index (χ0n) is 10.9. The molecule has 0 bridgehead atoms. The van der Waals surface area contributed by atoms with E-state index in [-0.39, 0.29) is 24.0 Å². The van der Waals surface area contributed by atoms with Gasteiger partial charge in [0.15, 0.2) is 9.84 Å². The number of carbonyl (C=O) groups excluding carboxylic acids is 1. The van der Waals surface area contributed by atoms with Crippen LogP contribution < -0.4 is 5.32 Å². The first-order chi connectivity index (χ1) is 8.40. The lowest BCUT2D eigenvalue weighted by Gasteiger charge is -2.29. The summed E-state index contributed by atoms with van der Waals surface area (Å²) in [5.41, 5.74) is -0.426. The summed E-state index contributed by atoms with van der Waals surface area (Å²) in [6.45, 7) is 3.83. The maximum absolute atomic E-state index is 12.0. The summed E-state index contributed by atoms with van der Waals surface area (Å²) < 4.78 is 22.9. The predicted octanol–water partition coefficient (Wildman–Crippen LogP) is 0.166. The van der Waals surface area contributed by atoms with Crippen molar-refractivity contribution in [3.63, 3.8) is 0 Å². The van der Waals surface area contributed by atoms with Crippen LogP contribution in [-0.4, -0.2) is 55.9 Å². The minimum Gasteiger partial charge on any atom is -0.342 e. The molecule has 2 aliphatic rings. The van der Waals surface area contributed by atoms with Crippen LogP contribution in [0, 0.1) is 0 Å². The molecule has 0 aromatic carbocycles. The molecule has 5 nitrogen and oxygen atoms in total. The van der Waals surface area contributed by atoms with E-state index in [1.807, 2.05) is 11.8 Å². The summed E-state index contributed by atoms with van der Waals surface area (Å²) in [5.74, 6) is 0.474. The third-order valence-electron chi connectivity index (χ3n) is 3.88. The molecule has 6 heteroatoms. The van der Waals surface area contributed by atoms with Crippen molar-refractivity contribution in [2.45, 2.75) is 38.1 Å². The minimum absolute atomic E-state index is 0.0974. The Hall–Kier alpha value is -0.620. The van der Waals surface area contributed by atoms with Crippen LogP contribution in [0.4, 0.5) is 0 Å². The van der Waals surface area contributed by atoms with E-state index in [0.717, 1.165) is 25.9 Å². The second-order valence-corrected chi connectivity index (χ2v) is 7.88. The Labute approximate surface area is 109 Å². The molecular formula is C12H22N2O3S. The molecule has 18 heavy (non-hydrogen) atoms. The summed E-state index contributed by atoms with van der Waals surface area (Å²) in [6, 6.07) is 0. The van der Waals surface area contributed by atoms with Gasteiger partial charge in [0, 0.05) is 18.6 Å². The molecule has 2 fully saturated rings. The molecule has 0 aromatic heterocycles. The Balaban J connectivity index is 1.82. The molecule has 0 radical (unpaired) electrons. The Morgan fingerprint density at radius 1 is 1.28 bits per heavy atom. The van der Waals surface area contributed by atoms with Gasteiger partial charge in [-0.25, -0.2) is 8.42 Å². The van der Waals surface area contributed by atoms with Crippen LogP contribution in [0.3, 0.4) is 0 Å². The fourth-order valence-electron chi connectivity index (χ4n) is 2.69. The highest BCUT2D eigenvalue weighted by Gasteiger charge is 2.38. The van der Waals surface area contributed by atoms with Crippen molar-refractivity contribution in [3.8, 4) is 0 Å². The van der Waals surface area contributed by atoms with Crippen molar-refractivity contribution < 1.29 is 13.2 Å². The van der Waals surface area contributed by atoms with Gasteiger partial charge >= 0.3 is 0 Å². The second kappa shape index (κ2) is 5.17. The number of sulfone groups is 1. The lowest BCUT2D eigenvalue weighted by Crippen LogP contribution is -2.49. The molecule has 1 N–H and O–H groups in total. The SMILES string of the molecule is CC1(NCC(=O)N2CCCCC2)CCS(=O)(=O)C1. The van der Waals surface area contributed by atoms with E-state index in [4.69, 9.17) is 0 Å². The summed E-state index contributed by atoms with van der Waals surface area (Å²) in [4.78, 5) is 13.9. The summed E-state index contributed by atoms with van der Waals surface area (Å²) in [6.07, 6.45) is 3.96. The molecule has 2 heterocycles. The molecule has 2 saturated heterocycles. The Bertz CT molecular complexity index is 415. The van der Waals surface area contributed by atoms with Crippen molar-refractivity contribution in [1.29, 1.82) is 0 Å². The average molecular weight is 274 g/mol. The van der Waals surface area contributed by atoms with Crippen LogP contribution in [0.5, 0.6) is 0 Å². The van der Waals surface area contributed by atoms with Crippen molar-refractivity contribution in [2.75, 3.05) is 31.1 Å². The van der Waals surface area contributed by atoms with Gasteiger partial charge in [-0.05, 0) is 32.6 Å². The molecule has 0 saturated carbocycles. The molecule has 1 unspecified atom stereocenters. The van der Waals surface area contributed by atoms with Gasteiger partial charge in [0.25, 0.3) is 0 Å². The number of nitrogens with one attached hydrogen (secondary N) is 1. The number of amides is 1. The standard InChI is InChI=1S/C12H22N2O3S/c1-12(5-8-18(16,17)10-12)13-9-11(15)14-6-3-2-4-7-14/h13H,2-10H2,1H3. The number of piperidine rings is 1. The first-order valence-electron chi connectivity index (χ1n) is 6.64. The topological polar surface area (TPSA) is 66.5 Å². The zero-order valence-corrected chi connectivity index (χ0v) is 11.8. The van der Waals surface area contributed by atoms with Gasteiger partial charge in [-0.3, -0.25) is 4.79 Å². The summed E-state index contributed by atoms with van der Waals surface area (Å²) in [5, 5.41) is 3.14. The fourth-order valence-corrected chi connectivity index (χ4v) is 4.82. The quantitative estimate of drug-likeness (QED) is 0.796. The highest BCUT2D eigenvalue weighted by Crippen LogP contribution is 2.22. The van der Waals surface area contributed by atoms with Crippen molar-refractivity contribution >= 4 is 15.7 Å². The van der Waals surface area contributed by atoms with E-state index in [1.54, 1.807) is 0 Å². The lowest BCUT2D eigenvalue weighted by molar-refractivity contribution is -0.131. The van der Waals surface area contributed by atoms with Crippen molar-refractivity contribution in [1.82, 2.24) is 10.2 Å². The zero-order chi connectivity index (χ0) is 13.2. The molecule has 2 rings (SSSR count). The van der Waals surface area contributed by atoms with E-state index in [2.05, 4.69) is 5.32 Å². The van der Waals surface area contributed by atoms with Gasteiger partial charge in [-0.1, -0.05) is 0 Å². The molecule has 0 aliphatic carbocycles. The first kappa shape index (κ1) is 13.8. The largest absolute Gasteiger partial charge is 0.342 e. The normalized spacial score (nSPS) is 31.5. The summed E-state index contributed by atoms with van der Waals surface area (Å²) in [7, 11) is -2.91. The number of likely N-dealkylation sites (tertiary alicyclic amines) is 1. The van der Waals surface area contributed by atoms with Gasteiger partial charge in [-0.15, -0.1) is 0 Å². The molecule has 1 amide bonds. The molecule has 0 spiro atoms. The number of hydrogen-bond donors (Lipinski definition) is 1. The lowest BCUT2D eigenvalue weighted by atomic mass is 10.0. The highest BCUT2D eigenvalue weighted by atomic mass is 32.2. The van der Waals surface area contributed by atoms with E-state index < -0.39 is 15.4 Å². The number of rotatable bonds is 3. The predicted molar refractivity (Wildman–Crippen MR) is 70.1 cm³/mol. The van der Waals surface area contributed by atoms with Crippen LogP contribution in [0.25, 0.3) is 0 Å². The minimum atomic E-state index is -2.91. The molecule has 0 aromatic rings. The van der Waals surface area contributed by atoms with Gasteiger partial charge in [0.1, 0.15) is 0 Å².